The van der Waals surface area contributed by atoms with Crippen LogP contribution in [0.2, 0.25) is 0 Å². The summed E-state index contributed by atoms with van der Waals surface area (Å²) in [6.07, 6.45) is -0.902. The van der Waals surface area contributed by atoms with Crippen LogP contribution in [0, 0.1) is 30.3 Å². The van der Waals surface area contributed by atoms with Gasteiger partial charge in [-0.25, -0.2) is 0 Å². The molecule has 11 nitrogen and oxygen atoms in total. The third-order valence-electron chi connectivity index (χ3n) is 4.47. The summed E-state index contributed by atoms with van der Waals surface area (Å²) in [6.45, 7) is 0.139. The number of nitro benzene ring substituents is 3. The van der Waals surface area contributed by atoms with Crippen LogP contribution in [0.1, 0.15) is 23.0 Å². The van der Waals surface area contributed by atoms with Crippen LogP contribution in [0.4, 0.5) is 17.1 Å². The first-order valence-corrected chi connectivity index (χ1v) is 9.27. The van der Waals surface area contributed by atoms with Crippen molar-refractivity contribution < 1.29 is 24.2 Å². The molecule has 0 aromatic heterocycles. The molecule has 0 saturated carbocycles. The Kier molecular flexibility index (Phi) is 7.16. The quantitative estimate of drug-likeness (QED) is 0.247. The number of ether oxygens (including phenoxy) is 2. The highest BCUT2D eigenvalue weighted by molar-refractivity contribution is 5.35. The van der Waals surface area contributed by atoms with Crippen LogP contribution in [-0.4, -0.2) is 14.8 Å². The average Bonchev–Trinajstić information content (AvgIpc) is 2.79. The SMILES string of the molecule is O=[N+]([O-])c1ccc(COC(OCc2ccc([N+](=O)[O-])cc2)c2ccc([N+](=O)[O-])cc2)cc1. The van der Waals surface area contributed by atoms with Crippen molar-refractivity contribution in [3.8, 4) is 0 Å². The molecule has 0 N–H and O–H groups in total. The zero-order valence-corrected chi connectivity index (χ0v) is 16.5. The fourth-order valence-electron chi connectivity index (χ4n) is 2.77. The van der Waals surface area contributed by atoms with Crippen molar-refractivity contribution in [1.29, 1.82) is 0 Å². The van der Waals surface area contributed by atoms with E-state index in [9.17, 15) is 30.3 Å². The third-order valence-corrected chi connectivity index (χ3v) is 4.47. The molecule has 3 aromatic carbocycles. The predicted octanol–water partition coefficient (Wildman–Crippen LogP) is 4.84. The van der Waals surface area contributed by atoms with Crippen LogP contribution in [0.15, 0.2) is 72.8 Å². The Morgan fingerprint density at radius 3 is 1.19 bits per heavy atom. The Bertz CT molecular complexity index is 1040. The molecular weight excluding hydrogens is 422 g/mol. The summed E-state index contributed by atoms with van der Waals surface area (Å²) in [5.41, 5.74) is 1.69. The number of hydrogen-bond acceptors (Lipinski definition) is 8. The van der Waals surface area contributed by atoms with E-state index in [2.05, 4.69) is 0 Å². The highest BCUT2D eigenvalue weighted by Crippen LogP contribution is 2.25. The van der Waals surface area contributed by atoms with E-state index in [4.69, 9.17) is 9.47 Å². The van der Waals surface area contributed by atoms with Crippen molar-refractivity contribution in [3.63, 3.8) is 0 Å². The first-order valence-electron chi connectivity index (χ1n) is 9.27. The summed E-state index contributed by atoms with van der Waals surface area (Å²) in [6, 6.07) is 17.3. The van der Waals surface area contributed by atoms with Gasteiger partial charge in [0.25, 0.3) is 17.1 Å². The number of hydrogen-bond donors (Lipinski definition) is 0. The molecule has 0 atom stereocenters. The lowest BCUT2D eigenvalue weighted by molar-refractivity contribution is -0.385. The van der Waals surface area contributed by atoms with E-state index in [1.807, 2.05) is 0 Å². The van der Waals surface area contributed by atoms with Crippen LogP contribution in [0.5, 0.6) is 0 Å². The van der Waals surface area contributed by atoms with E-state index >= 15 is 0 Å². The van der Waals surface area contributed by atoms with Crippen LogP contribution < -0.4 is 0 Å². The van der Waals surface area contributed by atoms with Gasteiger partial charge in [0.2, 0.25) is 0 Å². The van der Waals surface area contributed by atoms with E-state index < -0.39 is 21.1 Å². The zero-order chi connectivity index (χ0) is 23.1. The first kappa shape index (κ1) is 22.5. The standard InChI is InChI=1S/C21H17N3O8/c25-22(26)18-7-1-15(2-8-18)13-31-21(17-5-11-20(12-6-17)24(29)30)32-14-16-3-9-19(10-4-16)23(27)28/h1-12,21H,13-14H2. The van der Waals surface area contributed by atoms with Crippen molar-refractivity contribution in [2.45, 2.75) is 19.5 Å². The Balaban J connectivity index is 1.73. The van der Waals surface area contributed by atoms with Gasteiger partial charge in [-0.1, -0.05) is 0 Å². The Morgan fingerprint density at radius 2 is 0.875 bits per heavy atom. The Labute approximate surface area is 181 Å². The average molecular weight is 439 g/mol. The van der Waals surface area contributed by atoms with Gasteiger partial charge in [0.1, 0.15) is 0 Å². The number of benzene rings is 3. The van der Waals surface area contributed by atoms with Crippen LogP contribution >= 0.6 is 0 Å². The van der Waals surface area contributed by atoms with Gasteiger partial charge in [-0.05, 0) is 47.5 Å². The Hall–Kier alpha value is -4.22. The molecule has 0 aliphatic carbocycles. The number of non-ortho nitro benzene ring substituents is 3. The normalized spacial score (nSPS) is 10.8. The molecular formula is C21H17N3O8. The molecule has 0 amide bonds. The number of nitrogens with zero attached hydrogens (tertiary/aromatic N) is 3. The van der Waals surface area contributed by atoms with Crippen LogP contribution in [0.25, 0.3) is 0 Å². The van der Waals surface area contributed by atoms with E-state index in [-0.39, 0.29) is 30.3 Å². The molecule has 0 saturated heterocycles. The van der Waals surface area contributed by atoms with Gasteiger partial charge in [-0.2, -0.15) is 0 Å². The second kappa shape index (κ2) is 10.2. The van der Waals surface area contributed by atoms with Gasteiger partial charge < -0.3 is 9.47 Å². The molecule has 0 bridgehead atoms. The zero-order valence-electron chi connectivity index (χ0n) is 16.5. The lowest BCUT2D eigenvalue weighted by Crippen LogP contribution is -2.09. The van der Waals surface area contributed by atoms with Crippen molar-refractivity contribution >= 4 is 17.1 Å². The van der Waals surface area contributed by atoms with Gasteiger partial charge in [0, 0.05) is 42.0 Å². The lowest BCUT2D eigenvalue weighted by atomic mass is 10.2. The molecule has 0 radical (unpaired) electrons. The predicted molar refractivity (Wildman–Crippen MR) is 112 cm³/mol. The maximum absolute atomic E-state index is 10.9. The summed E-state index contributed by atoms with van der Waals surface area (Å²) < 4.78 is 11.7. The molecule has 0 aliphatic rings. The molecule has 3 rings (SSSR count). The molecule has 0 unspecified atom stereocenters. The van der Waals surface area contributed by atoms with Crippen molar-refractivity contribution in [3.05, 3.63) is 120 Å². The third kappa shape index (κ3) is 5.90. The lowest BCUT2D eigenvalue weighted by Gasteiger charge is -2.19. The molecule has 11 heteroatoms. The molecule has 32 heavy (non-hydrogen) atoms. The highest BCUT2D eigenvalue weighted by Gasteiger charge is 2.16. The van der Waals surface area contributed by atoms with Gasteiger partial charge in [-0.15, -0.1) is 0 Å². The topological polar surface area (TPSA) is 148 Å². The minimum absolute atomic E-state index is 0.0462. The summed E-state index contributed by atoms with van der Waals surface area (Å²) in [5.74, 6) is 0. The van der Waals surface area contributed by atoms with Crippen molar-refractivity contribution in [1.82, 2.24) is 0 Å². The van der Waals surface area contributed by atoms with Gasteiger partial charge in [0.05, 0.1) is 28.0 Å². The highest BCUT2D eigenvalue weighted by atomic mass is 16.7. The van der Waals surface area contributed by atoms with Crippen molar-refractivity contribution in [2.24, 2.45) is 0 Å². The summed E-state index contributed by atoms with van der Waals surface area (Å²) in [5, 5.41) is 32.5. The number of nitro groups is 3. The largest absolute Gasteiger partial charge is 0.344 e. The fourth-order valence-corrected chi connectivity index (χ4v) is 2.77. The maximum atomic E-state index is 10.9. The molecule has 0 fully saturated rings. The monoisotopic (exact) mass is 439 g/mol. The van der Waals surface area contributed by atoms with Crippen molar-refractivity contribution in [2.75, 3.05) is 0 Å². The minimum atomic E-state index is -0.902. The summed E-state index contributed by atoms with van der Waals surface area (Å²) in [7, 11) is 0. The molecule has 164 valence electrons. The van der Waals surface area contributed by atoms with Gasteiger partial charge in [0.15, 0.2) is 6.29 Å². The second-order valence-corrected chi connectivity index (χ2v) is 6.65. The van der Waals surface area contributed by atoms with Crippen LogP contribution in [-0.2, 0) is 22.7 Å². The number of rotatable bonds is 10. The molecule has 3 aromatic rings. The fraction of sp³-hybridized carbons (Fsp3) is 0.143. The van der Waals surface area contributed by atoms with E-state index in [0.717, 1.165) is 0 Å². The van der Waals surface area contributed by atoms with E-state index in [1.54, 1.807) is 24.3 Å². The Morgan fingerprint density at radius 1 is 0.562 bits per heavy atom. The smallest absolute Gasteiger partial charge is 0.269 e. The van der Waals surface area contributed by atoms with Gasteiger partial charge >= 0.3 is 0 Å². The minimum Gasteiger partial charge on any atom is -0.344 e. The maximum Gasteiger partial charge on any atom is 0.269 e. The molecule has 0 aliphatic heterocycles. The van der Waals surface area contributed by atoms with E-state index in [0.29, 0.717) is 16.7 Å². The molecule has 0 heterocycles. The first-order chi connectivity index (χ1) is 15.3. The van der Waals surface area contributed by atoms with Gasteiger partial charge in [-0.3, -0.25) is 30.3 Å². The van der Waals surface area contributed by atoms with Crippen LogP contribution in [0.3, 0.4) is 0 Å². The molecule has 0 spiro atoms. The summed E-state index contributed by atoms with van der Waals surface area (Å²) >= 11 is 0. The summed E-state index contributed by atoms with van der Waals surface area (Å²) in [4.78, 5) is 30.9. The van der Waals surface area contributed by atoms with E-state index in [1.165, 1.54) is 48.5 Å². The second-order valence-electron chi connectivity index (χ2n) is 6.65.